The molecule has 3 fully saturated rings. The minimum Gasteiger partial charge on any atom is -0.467 e. The van der Waals surface area contributed by atoms with Gasteiger partial charge in [0.1, 0.15) is 17.1 Å². The van der Waals surface area contributed by atoms with Crippen molar-refractivity contribution in [3.63, 3.8) is 0 Å². The van der Waals surface area contributed by atoms with Gasteiger partial charge in [-0.05, 0) is 19.4 Å². The summed E-state index contributed by atoms with van der Waals surface area (Å²) in [5.74, 6) is -2.17. The number of nitrogens with zero attached hydrogens (tertiary/aromatic N) is 4. The van der Waals surface area contributed by atoms with E-state index in [1.807, 2.05) is 0 Å². The van der Waals surface area contributed by atoms with Gasteiger partial charge in [0, 0.05) is 0 Å². The van der Waals surface area contributed by atoms with E-state index >= 15 is 0 Å². The van der Waals surface area contributed by atoms with E-state index in [4.69, 9.17) is 0 Å². The van der Waals surface area contributed by atoms with Gasteiger partial charge >= 0.3 is 5.97 Å². The topological polar surface area (TPSA) is 117 Å². The summed E-state index contributed by atoms with van der Waals surface area (Å²) >= 11 is 1.19. The second kappa shape index (κ2) is 7.08. The summed E-state index contributed by atoms with van der Waals surface area (Å²) in [7, 11) is 1.15. The molecule has 3 saturated heterocycles. The maximum absolute atomic E-state index is 13.4. The van der Waals surface area contributed by atoms with Crippen molar-refractivity contribution in [3.05, 3.63) is 40.8 Å². The average molecular weight is 432 g/mol. The Balaban J connectivity index is 1.70. The highest BCUT2D eigenvalue weighted by Crippen LogP contribution is 2.48. The first-order valence-electron chi connectivity index (χ1n) is 9.30. The van der Waals surface area contributed by atoms with Crippen LogP contribution in [0.2, 0.25) is 0 Å². The number of rotatable bonds is 4. The number of ketones is 1. The smallest absolute Gasteiger partial charge is 0.336 e. The normalized spacial score (nSPS) is 30.1. The van der Waals surface area contributed by atoms with Crippen molar-refractivity contribution in [1.82, 2.24) is 14.8 Å². The number of carbonyl (C=O) groups is 4. The second-order valence-corrected chi connectivity index (χ2v) is 8.83. The second-order valence-electron chi connectivity index (χ2n) is 7.73. The Morgan fingerprint density at radius 2 is 1.83 bits per heavy atom. The van der Waals surface area contributed by atoms with Crippen molar-refractivity contribution in [3.8, 4) is 0 Å². The van der Waals surface area contributed by atoms with Gasteiger partial charge < -0.3 is 14.5 Å². The minimum atomic E-state index is -1.31. The van der Waals surface area contributed by atoms with E-state index in [2.05, 4.69) is 10.0 Å². The Labute approximate surface area is 176 Å². The quantitative estimate of drug-likeness (QED) is 0.295. The molecule has 10 nitrogen and oxygen atoms in total. The van der Waals surface area contributed by atoms with Crippen molar-refractivity contribution in [2.24, 2.45) is 5.29 Å². The number of hydrogen-bond acceptors (Lipinski definition) is 8. The lowest BCUT2D eigenvalue weighted by molar-refractivity contribution is -0.176. The van der Waals surface area contributed by atoms with E-state index in [-0.39, 0.29) is 5.75 Å². The van der Waals surface area contributed by atoms with Gasteiger partial charge in [-0.2, -0.15) is 0 Å². The number of nitroso groups, excluding NO2 is 1. The summed E-state index contributed by atoms with van der Waals surface area (Å²) in [6.45, 7) is 3.28. The Morgan fingerprint density at radius 3 is 2.43 bits per heavy atom. The summed E-state index contributed by atoms with van der Waals surface area (Å²) in [4.78, 5) is 65.0. The molecule has 158 valence electrons. The van der Waals surface area contributed by atoms with Gasteiger partial charge in [0.05, 0.1) is 18.1 Å². The van der Waals surface area contributed by atoms with Gasteiger partial charge in [0.25, 0.3) is 11.8 Å². The number of thioether (sulfide) groups is 1. The summed E-state index contributed by atoms with van der Waals surface area (Å²) in [6.07, 6.45) is 0. The molecule has 0 spiro atoms. The van der Waals surface area contributed by atoms with Crippen molar-refractivity contribution in [2.45, 2.75) is 43.0 Å². The average Bonchev–Trinajstić information content (AvgIpc) is 2.93. The van der Waals surface area contributed by atoms with Crippen LogP contribution in [0, 0.1) is 4.91 Å². The number of fused-ring (bicyclic) bond motifs is 1. The maximum Gasteiger partial charge on any atom is 0.336 e. The lowest BCUT2D eigenvalue weighted by Crippen LogP contribution is -2.78. The zero-order chi connectivity index (χ0) is 21.8. The number of ether oxygens (including phenoxy) is 1. The number of amides is 2. The Bertz CT molecular complexity index is 930. The Morgan fingerprint density at radius 1 is 1.17 bits per heavy atom. The molecule has 1 aromatic carbocycles. The van der Waals surface area contributed by atoms with Crippen LogP contribution in [-0.2, 0) is 23.9 Å². The lowest BCUT2D eigenvalue weighted by atomic mass is 9.96. The fraction of sp³-hybridized carbons (Fsp3) is 0.474. The fourth-order valence-corrected chi connectivity index (χ4v) is 5.69. The van der Waals surface area contributed by atoms with E-state index < -0.39 is 52.7 Å². The summed E-state index contributed by atoms with van der Waals surface area (Å²) in [6, 6.07) is 5.54. The number of Topliss-reactive ketones (excluding diaryl/α,β-unsaturated/α-hetero) is 1. The SMILES string of the molecule is COC(=O)C1C(=O)CS[C@@H]2[C@H](N3C(=O)[C@@H](c4ccccc4)N(N=O)C3(C)C)C(=O)N12. The standard InChI is InChI=1S/C19H20N4O6S/c1-19(2)22(16(26)12(23(19)20-28)10-7-5-4-6-8-10)14-15(25)21-13(18(27)29-3)11(24)9-30-17(14)21/h4-8,12-14,17H,9H2,1-3H3/t12-,13?,14-,17-/m1/s1. The number of benzene rings is 1. The van der Waals surface area contributed by atoms with Crippen molar-refractivity contribution >= 4 is 35.3 Å². The molecule has 0 aromatic heterocycles. The minimum absolute atomic E-state index is 0.0188. The first-order chi connectivity index (χ1) is 14.3. The molecule has 0 aliphatic carbocycles. The molecular formula is C19H20N4O6S. The zero-order valence-corrected chi connectivity index (χ0v) is 17.4. The van der Waals surface area contributed by atoms with Crippen LogP contribution < -0.4 is 0 Å². The molecule has 1 aromatic rings. The van der Waals surface area contributed by atoms with E-state index in [0.29, 0.717) is 5.56 Å². The van der Waals surface area contributed by atoms with Crippen LogP contribution in [0.15, 0.2) is 35.6 Å². The third-order valence-corrected chi connectivity index (χ3v) is 7.08. The summed E-state index contributed by atoms with van der Waals surface area (Å²) in [5, 5.41) is 3.66. The molecule has 4 atom stereocenters. The van der Waals surface area contributed by atoms with Gasteiger partial charge in [0.15, 0.2) is 17.9 Å². The summed E-state index contributed by atoms with van der Waals surface area (Å²) in [5.41, 5.74) is -0.602. The van der Waals surface area contributed by atoms with Gasteiger partial charge in [0.2, 0.25) is 0 Å². The molecular weight excluding hydrogens is 412 g/mol. The van der Waals surface area contributed by atoms with Crippen LogP contribution in [-0.4, -0.2) is 74.4 Å². The fourth-order valence-electron chi connectivity index (χ4n) is 4.39. The molecule has 11 heteroatoms. The highest BCUT2D eigenvalue weighted by atomic mass is 32.2. The highest BCUT2D eigenvalue weighted by Gasteiger charge is 2.66. The van der Waals surface area contributed by atoms with E-state index in [9.17, 15) is 24.1 Å². The molecule has 3 heterocycles. The van der Waals surface area contributed by atoms with Crippen LogP contribution in [0.1, 0.15) is 25.5 Å². The van der Waals surface area contributed by atoms with E-state index in [1.165, 1.54) is 21.6 Å². The maximum atomic E-state index is 13.4. The molecule has 0 saturated carbocycles. The molecule has 3 aliphatic heterocycles. The van der Waals surface area contributed by atoms with Crippen LogP contribution in [0.3, 0.4) is 0 Å². The van der Waals surface area contributed by atoms with Crippen LogP contribution >= 0.6 is 11.8 Å². The van der Waals surface area contributed by atoms with Crippen LogP contribution in [0.5, 0.6) is 0 Å². The number of hydrogen-bond donors (Lipinski definition) is 0. The molecule has 3 aliphatic rings. The number of methoxy groups -OCH3 is 1. The highest BCUT2D eigenvalue weighted by molar-refractivity contribution is 8.00. The first-order valence-corrected chi connectivity index (χ1v) is 10.4. The zero-order valence-electron chi connectivity index (χ0n) is 16.5. The van der Waals surface area contributed by atoms with Crippen LogP contribution in [0.25, 0.3) is 0 Å². The van der Waals surface area contributed by atoms with E-state index in [0.717, 1.165) is 12.1 Å². The third kappa shape index (κ3) is 2.64. The molecule has 30 heavy (non-hydrogen) atoms. The predicted octanol–water partition coefficient (Wildman–Crippen LogP) is 0.684. The third-order valence-electron chi connectivity index (χ3n) is 5.80. The largest absolute Gasteiger partial charge is 0.467 e. The number of β-lactam (4-membered cyclic amide) rings is 1. The van der Waals surface area contributed by atoms with Gasteiger partial charge in [-0.15, -0.1) is 16.7 Å². The molecule has 2 amide bonds. The van der Waals surface area contributed by atoms with Crippen molar-refractivity contribution in [1.29, 1.82) is 0 Å². The molecule has 1 unspecified atom stereocenters. The van der Waals surface area contributed by atoms with Gasteiger partial charge in [-0.3, -0.25) is 14.4 Å². The summed E-state index contributed by atoms with van der Waals surface area (Å²) < 4.78 is 4.69. The molecule has 4 rings (SSSR count). The first kappa shape index (κ1) is 20.3. The van der Waals surface area contributed by atoms with Crippen LogP contribution in [0.4, 0.5) is 0 Å². The Kier molecular flexibility index (Phi) is 4.80. The predicted molar refractivity (Wildman–Crippen MR) is 105 cm³/mol. The molecule has 0 radical (unpaired) electrons. The monoisotopic (exact) mass is 432 g/mol. The lowest BCUT2D eigenvalue weighted by Gasteiger charge is -2.55. The van der Waals surface area contributed by atoms with Gasteiger partial charge in [-0.25, -0.2) is 9.80 Å². The molecule has 0 N–H and O–H groups in total. The number of carbonyl (C=O) groups excluding carboxylic acids is 4. The van der Waals surface area contributed by atoms with Crippen molar-refractivity contribution in [2.75, 3.05) is 12.9 Å². The van der Waals surface area contributed by atoms with Gasteiger partial charge in [-0.1, -0.05) is 30.3 Å². The Hall–Kier alpha value is -2.95. The number of esters is 1. The van der Waals surface area contributed by atoms with E-state index in [1.54, 1.807) is 44.2 Å². The van der Waals surface area contributed by atoms with Crippen molar-refractivity contribution < 1.29 is 23.9 Å². The molecule has 0 bridgehead atoms.